The molecule has 1 N–H and O–H groups in total. The van der Waals surface area contributed by atoms with Crippen LogP contribution < -0.4 is 7.79 Å². The Morgan fingerprint density at radius 2 is 1.55 bits per heavy atom. The summed E-state index contributed by atoms with van der Waals surface area (Å²) in [6.45, 7) is 11.8. The van der Waals surface area contributed by atoms with Crippen LogP contribution in [0.5, 0.6) is 0 Å². The van der Waals surface area contributed by atoms with Gasteiger partial charge in [-0.05, 0) is 0 Å². The summed E-state index contributed by atoms with van der Waals surface area (Å²) in [6, 6.07) is 0. The molecule has 0 saturated carbocycles. The summed E-state index contributed by atoms with van der Waals surface area (Å²) in [5, 5.41) is 9.85. The Morgan fingerprint density at radius 3 is 1.93 bits per heavy atom. The van der Waals surface area contributed by atoms with E-state index in [1.165, 1.54) is 66.1 Å². The van der Waals surface area contributed by atoms with E-state index < -0.39 is 36.2 Å². The first-order valence-corrected chi connectivity index (χ1v) is 19.1. The van der Waals surface area contributed by atoms with Crippen LogP contribution in [0.4, 0.5) is 14.7 Å². The molecule has 0 aliphatic carbocycles. The molecule has 0 aliphatic rings. The van der Waals surface area contributed by atoms with Gasteiger partial charge in [-0.1, -0.05) is 0 Å². The van der Waals surface area contributed by atoms with Crippen LogP contribution in [0.1, 0.15) is 80.1 Å². The summed E-state index contributed by atoms with van der Waals surface area (Å²) in [5.41, 5.74) is -0.767. The number of carboxylic acid groups (broad SMARTS) is 1. The number of nitrogens with zero attached hydrogens (tertiary/aromatic N) is 2. The van der Waals surface area contributed by atoms with E-state index in [-0.39, 0.29) is 5.13 Å². The maximum atomic E-state index is 12.5. The summed E-state index contributed by atoms with van der Waals surface area (Å²) in [7, 11) is 0. The molecular weight excluding hydrogens is 495 g/mol. The molecular formula is C21H38N2O4SSn. The number of thiazole rings is 1. The second-order valence-corrected chi connectivity index (χ2v) is 23.9. The van der Waals surface area contributed by atoms with Gasteiger partial charge >= 0.3 is 184 Å². The van der Waals surface area contributed by atoms with Crippen LogP contribution in [-0.4, -0.2) is 46.3 Å². The van der Waals surface area contributed by atoms with Gasteiger partial charge in [0.1, 0.15) is 0 Å². The van der Waals surface area contributed by atoms with E-state index in [2.05, 4.69) is 25.8 Å². The van der Waals surface area contributed by atoms with Crippen molar-refractivity contribution in [2.75, 3.05) is 4.90 Å². The van der Waals surface area contributed by atoms with Crippen molar-refractivity contribution in [3.8, 4) is 0 Å². The zero-order valence-electron chi connectivity index (χ0n) is 18.9. The first-order valence-electron chi connectivity index (χ1n) is 10.8. The van der Waals surface area contributed by atoms with Gasteiger partial charge in [0, 0.05) is 0 Å². The number of carbonyl (C=O) groups is 2. The van der Waals surface area contributed by atoms with Crippen LogP contribution in [0.2, 0.25) is 13.3 Å². The molecule has 1 aromatic heterocycles. The van der Waals surface area contributed by atoms with Crippen molar-refractivity contribution in [3.63, 3.8) is 0 Å². The number of hydrogen-bond donors (Lipinski definition) is 1. The van der Waals surface area contributed by atoms with E-state index in [4.69, 9.17) is 4.74 Å². The van der Waals surface area contributed by atoms with E-state index in [9.17, 15) is 14.7 Å². The van der Waals surface area contributed by atoms with E-state index >= 15 is 0 Å². The number of carbonyl (C=O) groups excluding carboxylic acids is 1. The van der Waals surface area contributed by atoms with Crippen molar-refractivity contribution in [1.29, 1.82) is 0 Å². The third-order valence-electron chi connectivity index (χ3n) is 5.00. The number of ether oxygens (including phenoxy) is 1. The second kappa shape index (κ2) is 12.1. The first-order chi connectivity index (χ1) is 13.6. The third-order valence-corrected chi connectivity index (χ3v) is 24.2. The van der Waals surface area contributed by atoms with Crippen LogP contribution in [0, 0.1) is 0 Å². The Kier molecular flexibility index (Phi) is 11.0. The predicted octanol–water partition coefficient (Wildman–Crippen LogP) is 6.62. The molecule has 166 valence electrons. The van der Waals surface area contributed by atoms with Gasteiger partial charge in [-0.25, -0.2) is 0 Å². The fourth-order valence-corrected chi connectivity index (χ4v) is 23.0. The van der Waals surface area contributed by atoms with Crippen molar-refractivity contribution >= 4 is 49.9 Å². The average molecular weight is 533 g/mol. The summed E-state index contributed by atoms with van der Waals surface area (Å²) >= 11 is -1.30. The molecule has 1 heterocycles. The predicted molar refractivity (Wildman–Crippen MR) is 123 cm³/mol. The van der Waals surface area contributed by atoms with Crippen molar-refractivity contribution < 1.29 is 19.4 Å². The number of imide groups is 1. The summed E-state index contributed by atoms with van der Waals surface area (Å²) in [5.74, 6) is 0. The minimum atomic E-state index is -2.71. The number of anilines is 1. The van der Waals surface area contributed by atoms with E-state index in [0.29, 0.717) is 4.90 Å². The van der Waals surface area contributed by atoms with Gasteiger partial charge in [0.2, 0.25) is 0 Å². The molecule has 0 fully saturated rings. The summed E-state index contributed by atoms with van der Waals surface area (Å²) < 4.78 is 10.4. The topological polar surface area (TPSA) is 79.7 Å². The van der Waals surface area contributed by atoms with Gasteiger partial charge in [0.15, 0.2) is 0 Å². The van der Waals surface area contributed by atoms with Gasteiger partial charge in [-0.15, -0.1) is 0 Å². The summed E-state index contributed by atoms with van der Waals surface area (Å²) in [4.78, 5) is 29.4. The van der Waals surface area contributed by atoms with Crippen LogP contribution in [0.25, 0.3) is 0 Å². The van der Waals surface area contributed by atoms with Crippen LogP contribution >= 0.6 is 11.3 Å². The molecule has 0 saturated heterocycles. The molecule has 8 heteroatoms. The zero-order valence-corrected chi connectivity index (χ0v) is 22.6. The Morgan fingerprint density at radius 1 is 1.07 bits per heavy atom. The molecule has 0 spiro atoms. The van der Waals surface area contributed by atoms with Gasteiger partial charge in [0.25, 0.3) is 0 Å². The number of unbranched alkanes of at least 4 members (excludes halogenated alkanes) is 3. The van der Waals surface area contributed by atoms with Crippen molar-refractivity contribution in [2.24, 2.45) is 0 Å². The molecule has 0 unspecified atom stereocenters. The minimum absolute atomic E-state index is 0.215. The van der Waals surface area contributed by atoms with Gasteiger partial charge in [-0.2, -0.15) is 0 Å². The summed E-state index contributed by atoms with van der Waals surface area (Å²) in [6.07, 6.45) is 6.78. The Hall–Kier alpha value is -0.831. The van der Waals surface area contributed by atoms with E-state index in [1.807, 2.05) is 6.20 Å². The SMILES string of the molecule is CCC[CH2][Sn]([CH2]CCC)([CH2]CCC)[c]1cnc(N(C(=O)O)C(=O)OC(C)(C)C)s1. The Bertz CT molecular complexity index is 636. The number of amides is 2. The maximum absolute atomic E-state index is 12.5. The standard InChI is InChI=1S/C9H11N2O4S.3C4H9.Sn/c1-9(2,3)15-8(14)11(7(12)13)6-10-4-5-16-6;3*1-3-4-2;/h4H,1-3H3,(H,12,13);3*1,3-4H2,2H3;. The number of hydrogen-bond acceptors (Lipinski definition) is 5. The van der Waals surface area contributed by atoms with Gasteiger partial charge in [-0.3, -0.25) is 0 Å². The fraction of sp³-hybridized carbons (Fsp3) is 0.762. The molecule has 1 aromatic rings. The monoisotopic (exact) mass is 534 g/mol. The van der Waals surface area contributed by atoms with Crippen LogP contribution in [0.3, 0.4) is 0 Å². The van der Waals surface area contributed by atoms with Crippen molar-refractivity contribution in [2.45, 2.75) is 99.0 Å². The second-order valence-electron chi connectivity index (χ2n) is 8.70. The van der Waals surface area contributed by atoms with Crippen molar-refractivity contribution in [3.05, 3.63) is 6.20 Å². The molecule has 2 amide bonds. The zero-order chi connectivity index (χ0) is 22.1. The van der Waals surface area contributed by atoms with Gasteiger partial charge in [0.05, 0.1) is 0 Å². The van der Waals surface area contributed by atoms with Crippen molar-refractivity contribution in [1.82, 2.24) is 4.98 Å². The molecule has 0 aliphatic heterocycles. The fourth-order valence-electron chi connectivity index (χ4n) is 3.45. The average Bonchev–Trinajstić information content (AvgIpc) is 3.09. The van der Waals surface area contributed by atoms with Crippen LogP contribution in [0.15, 0.2) is 6.20 Å². The van der Waals surface area contributed by atoms with Crippen LogP contribution in [-0.2, 0) is 4.74 Å². The number of rotatable bonds is 11. The molecule has 0 radical (unpaired) electrons. The molecule has 29 heavy (non-hydrogen) atoms. The third kappa shape index (κ3) is 8.07. The van der Waals surface area contributed by atoms with E-state index in [0.717, 1.165) is 0 Å². The van der Waals surface area contributed by atoms with Gasteiger partial charge < -0.3 is 0 Å². The Balaban J connectivity index is 3.28. The normalized spacial score (nSPS) is 12.1. The quantitative estimate of drug-likeness (QED) is 0.324. The molecule has 6 nitrogen and oxygen atoms in total. The number of aromatic nitrogens is 1. The molecule has 1 rings (SSSR count). The molecule has 0 atom stereocenters. The Labute approximate surface area is 183 Å². The molecule has 0 aromatic carbocycles. The molecule has 0 bridgehead atoms. The first kappa shape index (κ1) is 26.2. The van der Waals surface area contributed by atoms with E-state index in [1.54, 1.807) is 20.8 Å².